The molecule has 6 nitrogen and oxygen atoms in total. The van der Waals surface area contributed by atoms with Crippen LogP contribution in [0.4, 0.5) is 4.79 Å². The minimum atomic E-state index is -0.701. The topological polar surface area (TPSA) is 73.9 Å². The van der Waals surface area contributed by atoms with Crippen molar-refractivity contribution in [3.63, 3.8) is 0 Å². The van der Waals surface area contributed by atoms with Crippen LogP contribution in [0, 0.1) is 0 Å². The molecule has 1 aliphatic heterocycles. The molecule has 2 aliphatic rings. The molecule has 0 aromatic carbocycles. The summed E-state index contributed by atoms with van der Waals surface area (Å²) in [5, 5.41) is 2.61. The maximum Gasteiger partial charge on any atom is 0.408 e. The van der Waals surface area contributed by atoms with Gasteiger partial charge in [0, 0.05) is 19.3 Å². The molecule has 1 N–H and O–H groups in total. The highest BCUT2D eigenvalue weighted by Gasteiger charge is 2.45. The van der Waals surface area contributed by atoms with Crippen molar-refractivity contribution < 1.29 is 23.8 Å². The molecule has 0 aromatic rings. The monoisotopic (exact) mass is 271 g/mol. The van der Waals surface area contributed by atoms with Gasteiger partial charge >= 0.3 is 6.09 Å². The minimum Gasteiger partial charge on any atom is -0.444 e. The van der Waals surface area contributed by atoms with Crippen molar-refractivity contribution in [2.24, 2.45) is 0 Å². The number of hydrogen-bond acceptors (Lipinski definition) is 5. The molecule has 1 unspecified atom stereocenters. The van der Waals surface area contributed by atoms with Crippen molar-refractivity contribution >= 4 is 11.9 Å². The zero-order valence-electron chi connectivity index (χ0n) is 11.7. The standard InChI is InChI=1S/C13H21NO5/c1-12(2,3)19-11(16)14-9-8-13(5-4-10(9)15)17-6-7-18-13/h9H,4-8H2,1-3H3,(H,14,16). The van der Waals surface area contributed by atoms with Gasteiger partial charge in [0.1, 0.15) is 5.60 Å². The largest absolute Gasteiger partial charge is 0.444 e. The van der Waals surface area contributed by atoms with Crippen molar-refractivity contribution in [1.29, 1.82) is 0 Å². The second kappa shape index (κ2) is 5.09. The summed E-state index contributed by atoms with van der Waals surface area (Å²) < 4.78 is 16.3. The van der Waals surface area contributed by atoms with Crippen LogP contribution in [0.2, 0.25) is 0 Å². The van der Waals surface area contributed by atoms with Crippen LogP contribution in [-0.4, -0.2) is 42.5 Å². The Morgan fingerprint density at radius 3 is 2.58 bits per heavy atom. The molecule has 1 saturated heterocycles. The molecule has 19 heavy (non-hydrogen) atoms. The summed E-state index contributed by atoms with van der Waals surface area (Å²) >= 11 is 0. The first kappa shape index (κ1) is 14.3. The predicted molar refractivity (Wildman–Crippen MR) is 66.7 cm³/mol. The van der Waals surface area contributed by atoms with E-state index >= 15 is 0 Å². The average Bonchev–Trinajstić information content (AvgIpc) is 2.70. The summed E-state index contributed by atoms with van der Waals surface area (Å²) in [5.41, 5.74) is -0.583. The van der Waals surface area contributed by atoms with Crippen molar-refractivity contribution in [2.75, 3.05) is 13.2 Å². The van der Waals surface area contributed by atoms with Crippen LogP contribution in [0.3, 0.4) is 0 Å². The predicted octanol–water partition coefficient (Wildman–Crippen LogP) is 1.38. The van der Waals surface area contributed by atoms with E-state index in [2.05, 4.69) is 5.32 Å². The summed E-state index contributed by atoms with van der Waals surface area (Å²) in [7, 11) is 0. The minimum absolute atomic E-state index is 0.00409. The van der Waals surface area contributed by atoms with Gasteiger partial charge in [-0.2, -0.15) is 0 Å². The van der Waals surface area contributed by atoms with E-state index in [1.807, 2.05) is 0 Å². The van der Waals surface area contributed by atoms with Crippen LogP contribution in [0.25, 0.3) is 0 Å². The molecule has 0 aromatic heterocycles. The van der Waals surface area contributed by atoms with Gasteiger partial charge in [-0.25, -0.2) is 4.79 Å². The third-order valence-corrected chi connectivity index (χ3v) is 3.16. The summed E-state index contributed by atoms with van der Waals surface area (Å²) in [5.74, 6) is -0.705. The second-order valence-electron chi connectivity index (χ2n) is 5.98. The van der Waals surface area contributed by atoms with Gasteiger partial charge in [-0.1, -0.05) is 0 Å². The Morgan fingerprint density at radius 1 is 1.37 bits per heavy atom. The van der Waals surface area contributed by atoms with Gasteiger partial charge < -0.3 is 19.5 Å². The van der Waals surface area contributed by atoms with Crippen LogP contribution in [-0.2, 0) is 19.0 Å². The van der Waals surface area contributed by atoms with Crippen LogP contribution in [0.5, 0.6) is 0 Å². The summed E-state index contributed by atoms with van der Waals surface area (Å²) in [6, 6.07) is -0.596. The highest BCUT2D eigenvalue weighted by molar-refractivity contribution is 5.88. The van der Waals surface area contributed by atoms with E-state index in [1.54, 1.807) is 20.8 Å². The highest BCUT2D eigenvalue weighted by atomic mass is 16.7. The normalized spacial score (nSPS) is 26.5. The van der Waals surface area contributed by atoms with Gasteiger partial charge in [0.05, 0.1) is 19.3 Å². The van der Waals surface area contributed by atoms with Gasteiger partial charge in [-0.15, -0.1) is 0 Å². The van der Waals surface area contributed by atoms with Gasteiger partial charge in [0.2, 0.25) is 0 Å². The lowest BCUT2D eigenvalue weighted by Gasteiger charge is -2.35. The first-order valence-electron chi connectivity index (χ1n) is 6.60. The number of ketones is 1. The molecule has 1 amide bonds. The number of carbonyl (C=O) groups is 2. The zero-order chi connectivity index (χ0) is 14.1. The fourth-order valence-electron chi connectivity index (χ4n) is 2.36. The molecular formula is C13H21NO5. The SMILES string of the molecule is CC(C)(C)OC(=O)NC1CC2(CCC1=O)OCCO2. The Labute approximate surface area is 112 Å². The third-order valence-electron chi connectivity index (χ3n) is 3.16. The van der Waals surface area contributed by atoms with Gasteiger partial charge in [-0.05, 0) is 20.8 Å². The number of carbonyl (C=O) groups excluding carboxylic acids is 2. The fraction of sp³-hybridized carbons (Fsp3) is 0.846. The average molecular weight is 271 g/mol. The maximum absolute atomic E-state index is 11.9. The summed E-state index contributed by atoms with van der Waals surface area (Å²) in [6.45, 7) is 6.40. The maximum atomic E-state index is 11.9. The summed E-state index contributed by atoms with van der Waals surface area (Å²) in [6.07, 6.45) is 0.671. The van der Waals surface area contributed by atoms with E-state index in [1.165, 1.54) is 0 Å². The van der Waals surface area contributed by atoms with Gasteiger partial charge in [0.15, 0.2) is 11.6 Å². The lowest BCUT2D eigenvalue weighted by Crippen LogP contribution is -2.52. The molecular weight excluding hydrogens is 250 g/mol. The Kier molecular flexibility index (Phi) is 3.82. The number of hydrogen-bond donors (Lipinski definition) is 1. The zero-order valence-corrected chi connectivity index (χ0v) is 11.7. The molecule has 2 rings (SSSR count). The molecule has 1 saturated carbocycles. The van der Waals surface area contributed by atoms with Crippen LogP contribution in [0.1, 0.15) is 40.0 Å². The first-order chi connectivity index (χ1) is 8.80. The smallest absolute Gasteiger partial charge is 0.408 e. The molecule has 0 radical (unpaired) electrons. The molecule has 1 spiro atoms. The number of rotatable bonds is 1. The number of amides is 1. The van der Waals surface area contributed by atoms with Gasteiger partial charge in [-0.3, -0.25) is 4.79 Å². The number of nitrogens with one attached hydrogen (secondary N) is 1. The molecule has 0 bridgehead atoms. The third kappa shape index (κ3) is 3.67. The lowest BCUT2D eigenvalue weighted by atomic mass is 9.89. The molecule has 2 fully saturated rings. The Bertz CT molecular complexity index is 368. The lowest BCUT2D eigenvalue weighted by molar-refractivity contribution is -0.184. The van der Waals surface area contributed by atoms with Crippen LogP contribution < -0.4 is 5.32 Å². The number of ether oxygens (including phenoxy) is 3. The van der Waals surface area contributed by atoms with Crippen molar-refractivity contribution in [3.8, 4) is 0 Å². The fourth-order valence-corrected chi connectivity index (χ4v) is 2.36. The first-order valence-corrected chi connectivity index (χ1v) is 6.60. The highest BCUT2D eigenvalue weighted by Crippen LogP contribution is 2.34. The molecule has 108 valence electrons. The molecule has 1 atom stereocenters. The van der Waals surface area contributed by atoms with E-state index in [-0.39, 0.29) is 5.78 Å². The van der Waals surface area contributed by atoms with Crippen molar-refractivity contribution in [1.82, 2.24) is 5.32 Å². The molecule has 1 aliphatic carbocycles. The van der Waals surface area contributed by atoms with E-state index in [9.17, 15) is 9.59 Å². The Hall–Kier alpha value is -1.14. The van der Waals surface area contributed by atoms with Crippen LogP contribution in [0.15, 0.2) is 0 Å². The molecule has 1 heterocycles. The van der Waals surface area contributed by atoms with E-state index in [0.717, 1.165) is 0 Å². The summed E-state index contributed by atoms with van der Waals surface area (Å²) in [4.78, 5) is 23.6. The van der Waals surface area contributed by atoms with E-state index in [4.69, 9.17) is 14.2 Å². The Morgan fingerprint density at radius 2 is 2.00 bits per heavy atom. The van der Waals surface area contributed by atoms with Gasteiger partial charge in [0.25, 0.3) is 0 Å². The quantitative estimate of drug-likeness (QED) is 0.779. The second-order valence-corrected chi connectivity index (χ2v) is 5.98. The van der Waals surface area contributed by atoms with Crippen molar-refractivity contribution in [3.05, 3.63) is 0 Å². The number of Topliss-reactive ketones (excluding diaryl/α,β-unsaturated/α-hetero) is 1. The van der Waals surface area contributed by atoms with E-state index < -0.39 is 23.5 Å². The Balaban J connectivity index is 1.94. The van der Waals surface area contributed by atoms with E-state index in [0.29, 0.717) is 32.5 Å². The molecule has 6 heteroatoms. The number of alkyl carbamates (subject to hydrolysis) is 1. The van der Waals surface area contributed by atoms with Crippen LogP contribution >= 0.6 is 0 Å². The van der Waals surface area contributed by atoms with Crippen molar-refractivity contribution in [2.45, 2.75) is 57.5 Å².